The van der Waals surface area contributed by atoms with Crippen LogP contribution >= 0.6 is 11.6 Å². The van der Waals surface area contributed by atoms with Crippen LogP contribution in [0.15, 0.2) is 54.6 Å². The summed E-state index contributed by atoms with van der Waals surface area (Å²) in [5, 5.41) is 15.7. The average Bonchev–Trinajstić information content (AvgIpc) is 3.39. The molecule has 0 amide bonds. The fourth-order valence-electron chi connectivity index (χ4n) is 4.98. The quantitative estimate of drug-likeness (QED) is 0.578. The van der Waals surface area contributed by atoms with Gasteiger partial charge in [0.2, 0.25) is 0 Å². The third kappa shape index (κ3) is 2.68. The van der Waals surface area contributed by atoms with Crippen LogP contribution in [0.3, 0.4) is 0 Å². The average molecular weight is 417 g/mol. The second-order valence-electron chi connectivity index (χ2n) is 8.08. The molecule has 2 aliphatic heterocycles. The molecule has 0 spiro atoms. The van der Waals surface area contributed by atoms with Crippen molar-refractivity contribution in [3.05, 3.63) is 76.4 Å². The number of anilines is 1. The number of Topliss-reactive ketones (excluding diaryl/α,β-unsaturated/α-hetero) is 1. The molecule has 0 unspecified atom stereocenters. The first kappa shape index (κ1) is 18.9. The lowest BCUT2D eigenvalue weighted by Crippen LogP contribution is -2.53. The molecule has 0 N–H and O–H groups in total. The normalized spacial score (nSPS) is 22.3. The zero-order valence-corrected chi connectivity index (χ0v) is 17.4. The number of carbonyl (C=O) groups is 1. The summed E-state index contributed by atoms with van der Waals surface area (Å²) in [7, 11) is 0. The molecule has 0 radical (unpaired) electrons. The summed E-state index contributed by atoms with van der Waals surface area (Å²) in [5.41, 5.74) is 2.24. The van der Waals surface area contributed by atoms with E-state index in [9.17, 15) is 10.1 Å². The largest absolute Gasteiger partial charge is 0.351 e. The fraction of sp³-hybridized carbons (Fsp3) is 0.292. The van der Waals surface area contributed by atoms with Gasteiger partial charge in [0.05, 0.1) is 23.5 Å². The van der Waals surface area contributed by atoms with Crippen molar-refractivity contribution in [3.8, 4) is 11.8 Å². The van der Waals surface area contributed by atoms with Gasteiger partial charge in [-0.05, 0) is 56.2 Å². The Kier molecular flexibility index (Phi) is 4.41. The number of aryl methyl sites for hydroxylation is 1. The molecule has 5 nitrogen and oxygen atoms in total. The summed E-state index contributed by atoms with van der Waals surface area (Å²) >= 11 is 6.01. The molecule has 0 saturated carbocycles. The second kappa shape index (κ2) is 7.00. The number of benzene rings is 2. The summed E-state index contributed by atoms with van der Waals surface area (Å²) < 4.78 is 1.97. The van der Waals surface area contributed by atoms with Crippen molar-refractivity contribution in [1.29, 1.82) is 5.26 Å². The van der Waals surface area contributed by atoms with Crippen molar-refractivity contribution in [2.24, 2.45) is 5.41 Å². The molecule has 2 aromatic carbocycles. The highest BCUT2D eigenvalue weighted by Gasteiger charge is 2.55. The van der Waals surface area contributed by atoms with Gasteiger partial charge in [-0.3, -0.25) is 4.79 Å². The number of nitriles is 1. The van der Waals surface area contributed by atoms with Gasteiger partial charge in [0.25, 0.3) is 0 Å². The van der Waals surface area contributed by atoms with Crippen molar-refractivity contribution >= 4 is 23.2 Å². The minimum absolute atomic E-state index is 0.129. The summed E-state index contributed by atoms with van der Waals surface area (Å²) in [6, 6.07) is 19.2. The molecule has 2 aliphatic rings. The first-order valence-electron chi connectivity index (χ1n) is 10.2. The van der Waals surface area contributed by atoms with Crippen molar-refractivity contribution < 1.29 is 4.79 Å². The van der Waals surface area contributed by atoms with Gasteiger partial charge in [-0.2, -0.15) is 10.4 Å². The Bertz CT molecular complexity index is 1160. The van der Waals surface area contributed by atoms with Crippen LogP contribution in [0.5, 0.6) is 0 Å². The summed E-state index contributed by atoms with van der Waals surface area (Å²) in [6.07, 6.45) is 2.13. The van der Waals surface area contributed by atoms with Gasteiger partial charge in [-0.25, -0.2) is 4.68 Å². The van der Waals surface area contributed by atoms with E-state index in [1.54, 1.807) is 24.3 Å². The minimum atomic E-state index is -1.13. The molecule has 3 heterocycles. The Morgan fingerprint density at radius 3 is 2.63 bits per heavy atom. The van der Waals surface area contributed by atoms with Gasteiger partial charge in [0, 0.05) is 29.1 Å². The van der Waals surface area contributed by atoms with E-state index in [1.165, 1.54) is 0 Å². The number of hydrogen-bond acceptors (Lipinski definition) is 4. The highest BCUT2D eigenvalue weighted by Crippen LogP contribution is 2.48. The Morgan fingerprint density at radius 2 is 1.93 bits per heavy atom. The van der Waals surface area contributed by atoms with Gasteiger partial charge in [0.1, 0.15) is 11.2 Å². The van der Waals surface area contributed by atoms with E-state index in [0.717, 1.165) is 42.1 Å². The van der Waals surface area contributed by atoms with Crippen LogP contribution in [0.1, 0.15) is 34.5 Å². The van der Waals surface area contributed by atoms with E-state index in [-0.39, 0.29) is 11.8 Å². The third-order valence-electron chi connectivity index (χ3n) is 6.42. The van der Waals surface area contributed by atoms with Crippen LogP contribution in [0, 0.1) is 23.7 Å². The minimum Gasteiger partial charge on any atom is -0.351 e. The van der Waals surface area contributed by atoms with Gasteiger partial charge in [-0.1, -0.05) is 29.8 Å². The van der Waals surface area contributed by atoms with Crippen molar-refractivity contribution in [2.75, 3.05) is 11.4 Å². The molecule has 0 aliphatic carbocycles. The molecule has 3 aromatic rings. The molecular formula is C24H21ClN4O. The van der Waals surface area contributed by atoms with E-state index in [0.29, 0.717) is 17.0 Å². The maximum Gasteiger partial charge on any atom is 0.185 e. The molecule has 150 valence electrons. The maximum absolute atomic E-state index is 13.7. The predicted molar refractivity (Wildman–Crippen MR) is 116 cm³/mol. The molecule has 6 heteroatoms. The van der Waals surface area contributed by atoms with Crippen LogP contribution < -0.4 is 4.90 Å². The molecule has 1 fully saturated rings. The molecule has 2 atom stereocenters. The third-order valence-corrected chi connectivity index (χ3v) is 6.67. The van der Waals surface area contributed by atoms with Crippen LogP contribution in [0.25, 0.3) is 5.69 Å². The van der Waals surface area contributed by atoms with E-state index in [4.69, 9.17) is 16.7 Å². The first-order chi connectivity index (χ1) is 14.5. The highest BCUT2D eigenvalue weighted by atomic mass is 35.5. The van der Waals surface area contributed by atoms with E-state index in [1.807, 2.05) is 41.9 Å². The lowest BCUT2D eigenvalue weighted by Gasteiger charge is -2.42. The zero-order valence-electron chi connectivity index (χ0n) is 16.7. The predicted octanol–water partition coefficient (Wildman–Crippen LogP) is 4.75. The van der Waals surface area contributed by atoms with Gasteiger partial charge >= 0.3 is 0 Å². The molecular weight excluding hydrogens is 396 g/mol. The Hall–Kier alpha value is -3.10. The number of halogens is 1. The molecule has 5 rings (SSSR count). The van der Waals surface area contributed by atoms with Crippen LogP contribution in [0.2, 0.25) is 5.02 Å². The van der Waals surface area contributed by atoms with Crippen LogP contribution in [-0.4, -0.2) is 28.2 Å². The van der Waals surface area contributed by atoms with Crippen LogP contribution in [0.4, 0.5) is 5.82 Å². The van der Waals surface area contributed by atoms with Crippen molar-refractivity contribution in [1.82, 2.24) is 9.78 Å². The van der Waals surface area contributed by atoms with E-state index >= 15 is 0 Å². The summed E-state index contributed by atoms with van der Waals surface area (Å²) in [5.74, 6) is 0.895. The number of rotatable bonds is 3. The summed E-state index contributed by atoms with van der Waals surface area (Å²) in [4.78, 5) is 15.9. The lowest BCUT2D eigenvalue weighted by atomic mass is 9.68. The zero-order chi connectivity index (χ0) is 20.9. The second-order valence-corrected chi connectivity index (χ2v) is 8.52. The van der Waals surface area contributed by atoms with Crippen LogP contribution in [-0.2, 0) is 6.42 Å². The van der Waals surface area contributed by atoms with Crippen molar-refractivity contribution in [2.45, 2.75) is 32.2 Å². The van der Waals surface area contributed by atoms with E-state index in [2.05, 4.69) is 11.0 Å². The standard InChI is InChI=1S/C24H21ClN4O/c1-16-20-14-24(15-26,22(30)17-9-11-18(25)12-10-17)21-8-5-13-28(21)23(20)29(27-16)19-6-3-2-4-7-19/h2-4,6-7,9-12,21H,5,8,13-14H2,1H3/t21-,24+/m0/s1. The fourth-order valence-corrected chi connectivity index (χ4v) is 5.11. The lowest BCUT2D eigenvalue weighted by molar-refractivity contribution is 0.0821. The topological polar surface area (TPSA) is 61.9 Å². The first-order valence-corrected chi connectivity index (χ1v) is 10.5. The smallest absolute Gasteiger partial charge is 0.185 e. The van der Waals surface area contributed by atoms with Gasteiger partial charge in [-0.15, -0.1) is 0 Å². The Morgan fingerprint density at radius 1 is 1.20 bits per heavy atom. The number of ketones is 1. The molecule has 1 aromatic heterocycles. The molecule has 0 bridgehead atoms. The van der Waals surface area contributed by atoms with E-state index < -0.39 is 5.41 Å². The number of hydrogen-bond donors (Lipinski definition) is 0. The Labute approximate surface area is 180 Å². The highest BCUT2D eigenvalue weighted by molar-refractivity contribution is 6.30. The summed E-state index contributed by atoms with van der Waals surface area (Å²) in [6.45, 7) is 2.77. The number of nitrogens with zero attached hydrogens (tertiary/aromatic N) is 4. The van der Waals surface area contributed by atoms with Crippen molar-refractivity contribution in [3.63, 3.8) is 0 Å². The number of fused-ring (bicyclic) bond motifs is 3. The molecule has 30 heavy (non-hydrogen) atoms. The Balaban J connectivity index is 1.66. The number of para-hydroxylation sites is 1. The molecule has 1 saturated heterocycles. The number of aromatic nitrogens is 2. The number of carbonyl (C=O) groups excluding carboxylic acids is 1. The van der Waals surface area contributed by atoms with Gasteiger partial charge in [0.15, 0.2) is 5.78 Å². The van der Waals surface area contributed by atoms with Gasteiger partial charge < -0.3 is 4.90 Å². The maximum atomic E-state index is 13.7. The monoisotopic (exact) mass is 416 g/mol. The SMILES string of the molecule is Cc1nn(-c2ccccc2)c2c1C[C@](C#N)(C(=O)c1ccc(Cl)cc1)[C@@H]1CCCN21.